The number of aromatic nitrogens is 2. The van der Waals surface area contributed by atoms with Crippen molar-refractivity contribution in [3.8, 4) is 0 Å². The maximum absolute atomic E-state index is 12.8. The number of carbonyl (C=O) groups is 1. The zero-order valence-electron chi connectivity index (χ0n) is 14.3. The summed E-state index contributed by atoms with van der Waals surface area (Å²) in [4.78, 5) is 31.7. The molecular formula is C18H24N4O2S. The van der Waals surface area contributed by atoms with Crippen molar-refractivity contribution in [2.24, 2.45) is 11.7 Å². The van der Waals surface area contributed by atoms with E-state index in [0.29, 0.717) is 19.0 Å². The third kappa shape index (κ3) is 3.35. The number of nitrogens with one attached hydrogen (secondary N) is 1. The molecule has 0 aromatic carbocycles. The van der Waals surface area contributed by atoms with Crippen molar-refractivity contribution in [2.45, 2.75) is 57.5 Å². The van der Waals surface area contributed by atoms with Crippen molar-refractivity contribution < 1.29 is 4.79 Å². The molecule has 2 heterocycles. The molecule has 1 amide bonds. The zero-order chi connectivity index (χ0) is 17.4. The number of hydrogen-bond donors (Lipinski definition) is 2. The topological polar surface area (TPSA) is 90.0 Å². The summed E-state index contributed by atoms with van der Waals surface area (Å²) >= 11 is 1.65. The van der Waals surface area contributed by atoms with Crippen LogP contribution in [0.15, 0.2) is 11.1 Å². The lowest BCUT2D eigenvalue weighted by molar-refractivity contribution is -0.122. The Bertz CT molecular complexity index is 853. The molecule has 1 fully saturated rings. The lowest BCUT2D eigenvalue weighted by Crippen LogP contribution is -2.42. The minimum atomic E-state index is -0.0401. The predicted octanol–water partition coefficient (Wildman–Crippen LogP) is 1.58. The number of fused-ring (bicyclic) bond motifs is 3. The molecule has 0 radical (unpaired) electrons. The molecule has 2 aromatic heterocycles. The largest absolute Gasteiger partial charge is 0.352 e. The minimum absolute atomic E-state index is 0.00484. The Balaban J connectivity index is 1.49. The van der Waals surface area contributed by atoms with E-state index in [1.807, 2.05) is 0 Å². The van der Waals surface area contributed by atoms with Gasteiger partial charge in [-0.05, 0) is 50.0 Å². The van der Waals surface area contributed by atoms with Crippen LogP contribution < -0.4 is 16.6 Å². The molecule has 0 saturated heterocycles. The van der Waals surface area contributed by atoms with Crippen LogP contribution in [0.4, 0.5) is 0 Å². The fourth-order valence-electron chi connectivity index (χ4n) is 3.71. The summed E-state index contributed by atoms with van der Waals surface area (Å²) in [5.74, 6) is 0.494. The molecule has 1 saturated carbocycles. The predicted molar refractivity (Wildman–Crippen MR) is 98.8 cm³/mol. The van der Waals surface area contributed by atoms with Gasteiger partial charge in [0, 0.05) is 30.4 Å². The molecule has 0 aliphatic heterocycles. The maximum Gasteiger partial charge on any atom is 0.262 e. The van der Waals surface area contributed by atoms with Crippen LogP contribution in [0, 0.1) is 5.92 Å². The van der Waals surface area contributed by atoms with Gasteiger partial charge < -0.3 is 11.1 Å². The van der Waals surface area contributed by atoms with Crippen molar-refractivity contribution in [3.05, 3.63) is 27.1 Å². The standard InChI is InChI=1S/C18H24N4O2S/c19-9-13(11-5-6-11)21-15(23)7-8-22-10-20-17-16(18(22)24)12-3-1-2-4-14(12)25-17/h10-11,13H,1-9,19H2,(H,21,23). The average molecular weight is 360 g/mol. The molecule has 0 bridgehead atoms. The van der Waals surface area contributed by atoms with E-state index in [1.165, 1.54) is 16.9 Å². The normalized spacial score (nSPS) is 18.1. The second-order valence-electron chi connectivity index (χ2n) is 7.13. The zero-order valence-corrected chi connectivity index (χ0v) is 15.1. The minimum Gasteiger partial charge on any atom is -0.352 e. The molecule has 25 heavy (non-hydrogen) atoms. The van der Waals surface area contributed by atoms with Crippen molar-refractivity contribution in [1.82, 2.24) is 14.9 Å². The van der Waals surface area contributed by atoms with Crippen LogP contribution in [0.5, 0.6) is 0 Å². The lowest BCUT2D eigenvalue weighted by atomic mass is 9.97. The molecule has 2 aliphatic rings. The first-order valence-electron chi connectivity index (χ1n) is 9.16. The molecule has 1 atom stereocenters. The lowest BCUT2D eigenvalue weighted by Gasteiger charge is -2.16. The van der Waals surface area contributed by atoms with Gasteiger partial charge in [-0.25, -0.2) is 4.98 Å². The van der Waals surface area contributed by atoms with E-state index in [2.05, 4.69) is 10.3 Å². The van der Waals surface area contributed by atoms with Crippen LogP contribution in [0.2, 0.25) is 0 Å². The molecule has 4 rings (SSSR count). The fourth-order valence-corrected chi connectivity index (χ4v) is 4.93. The highest BCUT2D eigenvalue weighted by molar-refractivity contribution is 7.18. The first-order chi connectivity index (χ1) is 12.2. The second kappa shape index (κ2) is 6.88. The quantitative estimate of drug-likeness (QED) is 0.818. The Kier molecular flexibility index (Phi) is 4.60. The van der Waals surface area contributed by atoms with Gasteiger partial charge in [0.1, 0.15) is 4.83 Å². The summed E-state index contributed by atoms with van der Waals surface area (Å²) < 4.78 is 1.58. The van der Waals surface area contributed by atoms with Gasteiger partial charge in [-0.15, -0.1) is 11.3 Å². The fraction of sp³-hybridized carbons (Fsp3) is 0.611. The van der Waals surface area contributed by atoms with Crippen molar-refractivity contribution in [1.29, 1.82) is 0 Å². The van der Waals surface area contributed by atoms with Gasteiger partial charge in [0.05, 0.1) is 11.7 Å². The number of thiophene rings is 1. The summed E-state index contributed by atoms with van der Waals surface area (Å²) in [6, 6.07) is 0.0775. The Morgan fingerprint density at radius 1 is 1.40 bits per heavy atom. The monoisotopic (exact) mass is 360 g/mol. The van der Waals surface area contributed by atoms with Gasteiger partial charge in [0.2, 0.25) is 5.91 Å². The highest BCUT2D eigenvalue weighted by Crippen LogP contribution is 2.33. The molecule has 6 nitrogen and oxygen atoms in total. The van der Waals surface area contributed by atoms with Gasteiger partial charge in [0.15, 0.2) is 0 Å². The summed E-state index contributed by atoms with van der Waals surface area (Å²) in [5, 5.41) is 3.78. The van der Waals surface area contributed by atoms with Gasteiger partial charge in [0.25, 0.3) is 5.56 Å². The third-order valence-corrected chi connectivity index (χ3v) is 6.51. The molecule has 0 spiro atoms. The molecule has 2 aromatic rings. The first kappa shape index (κ1) is 16.7. The van der Waals surface area contributed by atoms with Crippen molar-refractivity contribution in [3.63, 3.8) is 0 Å². The van der Waals surface area contributed by atoms with Gasteiger partial charge in [-0.3, -0.25) is 14.2 Å². The number of carbonyl (C=O) groups excluding carboxylic acids is 1. The highest BCUT2D eigenvalue weighted by Gasteiger charge is 2.31. The second-order valence-corrected chi connectivity index (χ2v) is 8.21. The molecule has 2 aliphatic carbocycles. The third-order valence-electron chi connectivity index (χ3n) is 5.31. The molecule has 7 heteroatoms. The maximum atomic E-state index is 12.8. The van der Waals surface area contributed by atoms with Crippen LogP contribution >= 0.6 is 11.3 Å². The number of hydrogen-bond acceptors (Lipinski definition) is 5. The van der Waals surface area contributed by atoms with E-state index < -0.39 is 0 Å². The van der Waals surface area contributed by atoms with Crippen LogP contribution in [-0.4, -0.2) is 28.0 Å². The van der Waals surface area contributed by atoms with Gasteiger partial charge >= 0.3 is 0 Å². The molecule has 1 unspecified atom stereocenters. The summed E-state index contributed by atoms with van der Waals surface area (Å²) in [6.07, 6.45) is 8.51. The van der Waals surface area contributed by atoms with E-state index >= 15 is 0 Å². The highest BCUT2D eigenvalue weighted by atomic mass is 32.1. The summed E-state index contributed by atoms with van der Waals surface area (Å²) in [5.41, 5.74) is 6.92. The van der Waals surface area contributed by atoms with E-state index in [-0.39, 0.29) is 23.9 Å². The van der Waals surface area contributed by atoms with E-state index in [4.69, 9.17) is 5.73 Å². The number of rotatable bonds is 6. The number of nitrogens with two attached hydrogens (primary N) is 1. The SMILES string of the molecule is NCC(NC(=O)CCn1cnc2sc3c(c2c1=O)CCCC3)C1CC1. The Labute approximate surface area is 150 Å². The van der Waals surface area contributed by atoms with E-state index in [1.54, 1.807) is 22.2 Å². The Morgan fingerprint density at radius 3 is 2.96 bits per heavy atom. The van der Waals surface area contributed by atoms with E-state index in [9.17, 15) is 9.59 Å². The number of aryl methyl sites for hydroxylation is 3. The summed E-state index contributed by atoms with van der Waals surface area (Å²) in [7, 11) is 0. The van der Waals surface area contributed by atoms with E-state index in [0.717, 1.165) is 42.3 Å². The van der Waals surface area contributed by atoms with Gasteiger partial charge in [-0.2, -0.15) is 0 Å². The number of nitrogens with zero attached hydrogens (tertiary/aromatic N) is 2. The van der Waals surface area contributed by atoms with Crippen molar-refractivity contribution >= 4 is 27.5 Å². The van der Waals surface area contributed by atoms with Crippen molar-refractivity contribution in [2.75, 3.05) is 6.54 Å². The molecular weight excluding hydrogens is 336 g/mol. The molecule has 3 N–H and O–H groups in total. The van der Waals surface area contributed by atoms with Crippen LogP contribution in [-0.2, 0) is 24.2 Å². The summed E-state index contributed by atoms with van der Waals surface area (Å²) in [6.45, 7) is 0.838. The van der Waals surface area contributed by atoms with Crippen LogP contribution in [0.25, 0.3) is 10.2 Å². The average Bonchev–Trinajstić information content (AvgIpc) is 3.39. The molecule has 134 valence electrons. The first-order valence-corrected chi connectivity index (χ1v) is 9.98. The van der Waals surface area contributed by atoms with Crippen LogP contribution in [0.1, 0.15) is 42.5 Å². The Hall–Kier alpha value is -1.73. The van der Waals surface area contributed by atoms with Gasteiger partial charge in [-0.1, -0.05) is 0 Å². The smallest absolute Gasteiger partial charge is 0.262 e. The van der Waals surface area contributed by atoms with Crippen LogP contribution in [0.3, 0.4) is 0 Å². The Morgan fingerprint density at radius 2 is 2.20 bits per heavy atom. The number of amides is 1.